The van der Waals surface area contributed by atoms with Gasteiger partial charge in [0.2, 0.25) is 0 Å². The van der Waals surface area contributed by atoms with E-state index >= 15 is 0 Å². The molecular weight excluding hydrogens is 396 g/mol. The Kier molecular flexibility index (Phi) is 5.30. The lowest BCUT2D eigenvalue weighted by atomic mass is 9.87. The van der Waals surface area contributed by atoms with E-state index in [0.717, 1.165) is 69.3 Å². The Balaban J connectivity index is 1.51. The number of aryl methyl sites for hydroxylation is 1. The highest BCUT2D eigenvalue weighted by atomic mass is 19.2. The van der Waals surface area contributed by atoms with Gasteiger partial charge in [0.1, 0.15) is 11.5 Å². The maximum Gasteiger partial charge on any atom is 0.272 e. The van der Waals surface area contributed by atoms with Crippen LogP contribution in [0, 0.1) is 11.6 Å². The molecule has 1 aliphatic carbocycles. The third kappa shape index (κ3) is 3.75. The van der Waals surface area contributed by atoms with Gasteiger partial charge in [0, 0.05) is 12.1 Å². The fourth-order valence-electron chi connectivity index (χ4n) is 4.89. The van der Waals surface area contributed by atoms with Crippen LogP contribution in [0.15, 0.2) is 42.5 Å². The van der Waals surface area contributed by atoms with E-state index in [1.165, 1.54) is 17.2 Å². The predicted molar refractivity (Wildman–Crippen MR) is 115 cm³/mol. The molecule has 0 saturated carbocycles. The second-order valence-corrected chi connectivity index (χ2v) is 8.44. The Morgan fingerprint density at radius 1 is 1.00 bits per heavy atom. The van der Waals surface area contributed by atoms with Crippen LogP contribution in [0.3, 0.4) is 0 Å². The fraction of sp³-hybridized carbons (Fsp3) is 0.360. The monoisotopic (exact) mass is 421 g/mol. The molecule has 0 radical (unpaired) electrons. The summed E-state index contributed by atoms with van der Waals surface area (Å²) in [5, 5.41) is 3.20. The van der Waals surface area contributed by atoms with Gasteiger partial charge in [0.05, 0.1) is 11.7 Å². The molecule has 3 aromatic rings. The normalized spacial score (nSPS) is 18.1. The van der Waals surface area contributed by atoms with Gasteiger partial charge in [0.25, 0.3) is 5.91 Å². The summed E-state index contributed by atoms with van der Waals surface area (Å²) in [6.07, 6.45) is 6.73. The van der Waals surface area contributed by atoms with Gasteiger partial charge in [-0.3, -0.25) is 4.79 Å². The van der Waals surface area contributed by atoms with Crippen LogP contribution in [0.5, 0.6) is 0 Å². The first-order valence-corrected chi connectivity index (χ1v) is 11.1. The third-order valence-corrected chi connectivity index (χ3v) is 6.44. The van der Waals surface area contributed by atoms with Crippen LogP contribution >= 0.6 is 0 Å². The summed E-state index contributed by atoms with van der Waals surface area (Å²) in [4.78, 5) is 18.0. The van der Waals surface area contributed by atoms with Crippen molar-refractivity contribution >= 4 is 5.91 Å². The van der Waals surface area contributed by atoms with Crippen LogP contribution in [0.4, 0.5) is 8.78 Å². The van der Waals surface area contributed by atoms with Crippen molar-refractivity contribution in [2.75, 3.05) is 0 Å². The molecule has 0 saturated heterocycles. The van der Waals surface area contributed by atoms with Crippen LogP contribution in [0.1, 0.15) is 65.5 Å². The number of carbonyl (C=O) groups excluding carboxylic acids is 1. The predicted octanol–water partition coefficient (Wildman–Crippen LogP) is 5.36. The van der Waals surface area contributed by atoms with E-state index in [4.69, 9.17) is 0 Å². The van der Waals surface area contributed by atoms with E-state index in [0.29, 0.717) is 17.1 Å². The molecule has 1 atom stereocenters. The molecule has 1 aliphatic heterocycles. The number of hydrogen-bond acceptors (Lipinski definition) is 2. The summed E-state index contributed by atoms with van der Waals surface area (Å²) >= 11 is 0. The molecule has 0 fully saturated rings. The number of aromatic nitrogens is 2. The maximum absolute atomic E-state index is 13.9. The first-order chi connectivity index (χ1) is 15.1. The molecule has 1 unspecified atom stereocenters. The van der Waals surface area contributed by atoms with Crippen molar-refractivity contribution in [2.45, 2.75) is 57.5 Å². The van der Waals surface area contributed by atoms with Gasteiger partial charge in [-0.15, -0.1) is 0 Å². The van der Waals surface area contributed by atoms with Gasteiger partial charge in [-0.25, -0.2) is 13.8 Å². The van der Waals surface area contributed by atoms with Crippen LogP contribution in [0.25, 0.3) is 11.4 Å². The highest BCUT2D eigenvalue weighted by Crippen LogP contribution is 2.31. The van der Waals surface area contributed by atoms with Gasteiger partial charge < -0.3 is 9.88 Å². The number of imidazole rings is 1. The van der Waals surface area contributed by atoms with Crippen LogP contribution < -0.4 is 5.32 Å². The fourth-order valence-corrected chi connectivity index (χ4v) is 4.89. The average Bonchev–Trinajstić information content (AvgIpc) is 2.97. The van der Waals surface area contributed by atoms with Gasteiger partial charge in [0.15, 0.2) is 11.6 Å². The summed E-state index contributed by atoms with van der Waals surface area (Å²) < 4.78 is 29.4. The zero-order chi connectivity index (χ0) is 21.4. The zero-order valence-corrected chi connectivity index (χ0v) is 17.3. The Labute approximate surface area is 180 Å². The van der Waals surface area contributed by atoms with E-state index in [1.807, 2.05) is 16.7 Å². The Bertz CT molecular complexity index is 1140. The lowest BCUT2D eigenvalue weighted by Gasteiger charge is -2.26. The standard InChI is InChI=1S/C25H25F2N3O/c26-19-13-12-17(15-20(19)27)24-29-23(22-11-2-1-5-14-30(22)24)25(31)28-21-10-6-8-16-7-3-4-9-18(16)21/h3-4,7,9,12-13,15,21H,1-2,5-6,8,10-11,14H2,(H,28,31). The zero-order valence-electron chi connectivity index (χ0n) is 17.3. The number of benzene rings is 2. The van der Waals surface area contributed by atoms with Crippen molar-refractivity contribution in [1.82, 2.24) is 14.9 Å². The second-order valence-electron chi connectivity index (χ2n) is 8.44. The molecule has 6 heteroatoms. The van der Waals surface area contributed by atoms with Crippen molar-refractivity contribution in [1.29, 1.82) is 0 Å². The molecular formula is C25H25F2N3O. The lowest BCUT2D eigenvalue weighted by molar-refractivity contribution is 0.0927. The molecule has 0 bridgehead atoms. The number of hydrogen-bond donors (Lipinski definition) is 1. The number of nitrogens with one attached hydrogen (secondary N) is 1. The van der Waals surface area contributed by atoms with Crippen LogP contribution in [-0.4, -0.2) is 15.5 Å². The number of amides is 1. The van der Waals surface area contributed by atoms with Gasteiger partial charge in [-0.1, -0.05) is 30.7 Å². The van der Waals surface area contributed by atoms with Gasteiger partial charge in [-0.2, -0.15) is 0 Å². The summed E-state index contributed by atoms with van der Waals surface area (Å²) in [6.45, 7) is 0.718. The van der Waals surface area contributed by atoms with E-state index in [-0.39, 0.29) is 11.9 Å². The topological polar surface area (TPSA) is 46.9 Å². The molecule has 2 aliphatic rings. The Morgan fingerprint density at radius 3 is 2.74 bits per heavy atom. The Morgan fingerprint density at radius 2 is 1.87 bits per heavy atom. The first kappa shape index (κ1) is 19.9. The summed E-state index contributed by atoms with van der Waals surface area (Å²) in [5.74, 6) is -1.46. The average molecular weight is 421 g/mol. The minimum atomic E-state index is -0.909. The van der Waals surface area contributed by atoms with Gasteiger partial charge >= 0.3 is 0 Å². The summed E-state index contributed by atoms with van der Waals surface area (Å²) in [7, 11) is 0. The number of halogens is 2. The minimum absolute atomic E-state index is 0.0349. The molecule has 0 spiro atoms. The Hall–Kier alpha value is -3.02. The van der Waals surface area contributed by atoms with E-state index in [1.54, 1.807) is 0 Å². The second kappa shape index (κ2) is 8.25. The first-order valence-electron chi connectivity index (χ1n) is 11.1. The number of fused-ring (bicyclic) bond motifs is 2. The van der Waals surface area contributed by atoms with Crippen molar-refractivity contribution in [3.05, 3.63) is 76.6 Å². The largest absolute Gasteiger partial charge is 0.344 e. The SMILES string of the molecule is O=C(NC1CCCc2ccccc21)c1nc(-c2ccc(F)c(F)c2)n2c1CCCCC2. The molecule has 4 nitrogen and oxygen atoms in total. The van der Waals surface area contributed by atoms with E-state index in [2.05, 4.69) is 22.4 Å². The molecule has 2 aromatic carbocycles. The molecule has 31 heavy (non-hydrogen) atoms. The van der Waals surface area contributed by atoms with Crippen molar-refractivity contribution in [3.63, 3.8) is 0 Å². The molecule has 160 valence electrons. The number of rotatable bonds is 3. The van der Waals surface area contributed by atoms with E-state index in [9.17, 15) is 13.6 Å². The maximum atomic E-state index is 13.9. The molecule has 2 heterocycles. The smallest absolute Gasteiger partial charge is 0.272 e. The lowest BCUT2D eigenvalue weighted by Crippen LogP contribution is -2.32. The van der Waals surface area contributed by atoms with Crippen LogP contribution in [0.2, 0.25) is 0 Å². The highest BCUT2D eigenvalue weighted by Gasteiger charge is 2.28. The molecule has 5 rings (SSSR count). The van der Waals surface area contributed by atoms with Crippen LogP contribution in [-0.2, 0) is 19.4 Å². The van der Waals surface area contributed by atoms with E-state index < -0.39 is 11.6 Å². The number of carbonyl (C=O) groups is 1. The summed E-state index contributed by atoms with van der Waals surface area (Å²) in [5.41, 5.74) is 4.24. The highest BCUT2D eigenvalue weighted by molar-refractivity contribution is 5.94. The minimum Gasteiger partial charge on any atom is -0.344 e. The molecule has 1 N–H and O–H groups in total. The van der Waals surface area contributed by atoms with Crippen molar-refractivity contribution in [3.8, 4) is 11.4 Å². The van der Waals surface area contributed by atoms with Gasteiger partial charge in [-0.05, 0) is 67.9 Å². The quantitative estimate of drug-likeness (QED) is 0.619. The third-order valence-electron chi connectivity index (χ3n) is 6.44. The van der Waals surface area contributed by atoms with Crippen molar-refractivity contribution < 1.29 is 13.6 Å². The number of nitrogens with zero attached hydrogens (tertiary/aromatic N) is 2. The molecule has 1 aromatic heterocycles. The molecule has 1 amide bonds. The van der Waals surface area contributed by atoms with Crippen molar-refractivity contribution in [2.24, 2.45) is 0 Å². The summed E-state index contributed by atoms with van der Waals surface area (Å²) in [6, 6.07) is 12.0.